The van der Waals surface area contributed by atoms with Gasteiger partial charge >= 0.3 is 6.18 Å². The van der Waals surface area contributed by atoms with E-state index < -0.39 is 39.0 Å². The maximum atomic E-state index is 14.0. The normalized spacial score (nSPS) is 21.7. The van der Waals surface area contributed by atoms with Crippen LogP contribution in [-0.4, -0.2) is 66.8 Å². The number of aryl methyl sites for hydroxylation is 1. The molecule has 0 atom stereocenters. The van der Waals surface area contributed by atoms with Crippen LogP contribution in [0.1, 0.15) is 66.9 Å². The van der Waals surface area contributed by atoms with Crippen molar-refractivity contribution in [2.75, 3.05) is 31.9 Å². The summed E-state index contributed by atoms with van der Waals surface area (Å²) in [6, 6.07) is 1.61. The molecule has 0 radical (unpaired) electrons. The Hall–Kier alpha value is -1.30. The second kappa shape index (κ2) is 10.2. The summed E-state index contributed by atoms with van der Waals surface area (Å²) in [7, 11) is -3.36. The van der Waals surface area contributed by atoms with Crippen LogP contribution in [0.4, 0.5) is 22.0 Å². The van der Waals surface area contributed by atoms with Gasteiger partial charge in [-0.15, -0.1) is 0 Å². The molecule has 0 aromatic heterocycles. The highest BCUT2D eigenvalue weighted by Gasteiger charge is 2.47. The molecule has 0 unspecified atom stereocenters. The Morgan fingerprint density at radius 3 is 2.11 bits per heavy atom. The number of carbonyl (C=O) groups is 1. The fourth-order valence-corrected chi connectivity index (χ4v) is 6.62. The zero-order chi connectivity index (χ0) is 26.2. The minimum atomic E-state index is -4.60. The van der Waals surface area contributed by atoms with Gasteiger partial charge in [0.1, 0.15) is 0 Å². The van der Waals surface area contributed by atoms with Crippen molar-refractivity contribution in [3.63, 3.8) is 0 Å². The minimum absolute atomic E-state index is 0.00909. The molecule has 35 heavy (non-hydrogen) atoms. The number of Topliss-reactive ketones (excluding diaryl/α,β-unsaturated/α-hetero) is 1. The van der Waals surface area contributed by atoms with E-state index in [1.807, 2.05) is 4.90 Å². The second-order valence-corrected chi connectivity index (χ2v) is 12.1. The Labute approximate surface area is 207 Å². The largest absolute Gasteiger partial charge is 0.416 e. The van der Waals surface area contributed by atoms with Gasteiger partial charge in [0.2, 0.25) is 15.9 Å². The van der Waals surface area contributed by atoms with Gasteiger partial charge in [-0.25, -0.2) is 17.2 Å². The molecule has 12 heteroatoms. The van der Waals surface area contributed by atoms with Gasteiger partial charge in [-0.3, -0.25) is 9.69 Å². The number of rotatable bonds is 7. The summed E-state index contributed by atoms with van der Waals surface area (Å²) >= 11 is 6.06. The first kappa shape index (κ1) is 28.3. The van der Waals surface area contributed by atoms with Crippen molar-refractivity contribution in [2.24, 2.45) is 0 Å². The monoisotopic (exact) mass is 544 g/mol. The molecule has 0 spiro atoms. The average molecular weight is 545 g/mol. The van der Waals surface area contributed by atoms with Crippen molar-refractivity contribution in [2.45, 2.75) is 70.0 Å². The van der Waals surface area contributed by atoms with Crippen molar-refractivity contribution < 1.29 is 35.2 Å². The summed E-state index contributed by atoms with van der Waals surface area (Å²) < 4.78 is 93.0. The van der Waals surface area contributed by atoms with E-state index in [9.17, 15) is 35.2 Å². The van der Waals surface area contributed by atoms with E-state index in [4.69, 9.17) is 11.6 Å². The number of hydrogen-bond donors (Lipinski definition) is 0. The van der Waals surface area contributed by atoms with Crippen LogP contribution < -0.4 is 0 Å². The number of sulfonamides is 1. The topological polar surface area (TPSA) is 57.7 Å². The first-order valence-corrected chi connectivity index (χ1v) is 13.6. The highest BCUT2D eigenvalue weighted by Crippen LogP contribution is 2.45. The van der Waals surface area contributed by atoms with Gasteiger partial charge < -0.3 is 0 Å². The van der Waals surface area contributed by atoms with Crippen molar-refractivity contribution >= 4 is 27.4 Å². The second-order valence-electron chi connectivity index (χ2n) is 9.44. The van der Waals surface area contributed by atoms with Crippen LogP contribution in [0.2, 0.25) is 5.02 Å². The summed E-state index contributed by atoms with van der Waals surface area (Å²) in [6.07, 6.45) is -4.81. The Morgan fingerprint density at radius 2 is 1.63 bits per heavy atom. The molecule has 0 amide bonds. The maximum Gasteiger partial charge on any atom is 0.416 e. The highest BCUT2D eigenvalue weighted by atomic mass is 35.5. The number of piperazine rings is 1. The average Bonchev–Trinajstić information content (AvgIpc) is 2.78. The molecule has 3 rings (SSSR count). The van der Waals surface area contributed by atoms with Gasteiger partial charge in [0, 0.05) is 56.5 Å². The zero-order valence-corrected chi connectivity index (χ0v) is 21.3. The van der Waals surface area contributed by atoms with Crippen LogP contribution in [0.3, 0.4) is 0 Å². The van der Waals surface area contributed by atoms with E-state index >= 15 is 0 Å². The number of ketones is 1. The van der Waals surface area contributed by atoms with E-state index in [0.717, 1.165) is 12.1 Å². The van der Waals surface area contributed by atoms with Crippen LogP contribution in [0.5, 0.6) is 0 Å². The molecule has 1 aliphatic heterocycles. The molecule has 1 saturated carbocycles. The maximum absolute atomic E-state index is 14.0. The quantitative estimate of drug-likeness (QED) is 0.334. The van der Waals surface area contributed by atoms with Gasteiger partial charge in [0.15, 0.2) is 5.78 Å². The molecule has 2 fully saturated rings. The Bertz CT molecular complexity index is 1020. The van der Waals surface area contributed by atoms with Crippen LogP contribution in [0.25, 0.3) is 0 Å². The van der Waals surface area contributed by atoms with Crippen LogP contribution >= 0.6 is 11.6 Å². The summed E-state index contributed by atoms with van der Waals surface area (Å²) in [5.41, 5.74) is -1.54. The SMILES string of the molecule is CCS(=O)(=O)N1CCN(C2(CCC(=O)c3c(C)cc(C(F)(F)F)cc3Cl)CCC(F)(F)CC2)CC1. The molecular weight excluding hydrogens is 515 g/mol. The molecular formula is C23H30ClF5N2O3S. The Balaban J connectivity index is 1.78. The lowest BCUT2D eigenvalue weighted by atomic mass is 9.74. The lowest BCUT2D eigenvalue weighted by Gasteiger charge is -2.51. The van der Waals surface area contributed by atoms with E-state index in [-0.39, 0.29) is 73.5 Å². The fraction of sp³-hybridized carbons (Fsp3) is 0.696. The van der Waals surface area contributed by atoms with E-state index in [0.29, 0.717) is 13.1 Å². The van der Waals surface area contributed by atoms with Crippen LogP contribution in [-0.2, 0) is 16.2 Å². The number of benzene rings is 1. The lowest BCUT2D eigenvalue weighted by molar-refractivity contribution is -0.137. The van der Waals surface area contributed by atoms with E-state index in [2.05, 4.69) is 0 Å². The third kappa shape index (κ3) is 6.34. The summed E-state index contributed by atoms with van der Waals surface area (Å²) in [4.78, 5) is 15.1. The molecule has 0 bridgehead atoms. The van der Waals surface area contributed by atoms with Gasteiger partial charge in [-0.05, 0) is 50.8 Å². The van der Waals surface area contributed by atoms with Crippen molar-refractivity contribution in [1.82, 2.24) is 9.21 Å². The molecule has 2 aliphatic rings. The molecule has 1 aromatic rings. The van der Waals surface area contributed by atoms with Crippen molar-refractivity contribution in [1.29, 1.82) is 0 Å². The lowest BCUT2D eigenvalue weighted by Crippen LogP contribution is -2.60. The number of nitrogens with zero attached hydrogens (tertiary/aromatic N) is 2. The Kier molecular flexibility index (Phi) is 8.26. The van der Waals surface area contributed by atoms with Crippen molar-refractivity contribution in [3.05, 3.63) is 33.8 Å². The van der Waals surface area contributed by atoms with E-state index in [1.165, 1.54) is 11.2 Å². The smallest absolute Gasteiger partial charge is 0.295 e. The molecule has 198 valence electrons. The molecule has 1 heterocycles. The predicted octanol–water partition coefficient (Wildman–Crippen LogP) is 5.55. The third-order valence-electron chi connectivity index (χ3n) is 7.29. The minimum Gasteiger partial charge on any atom is -0.295 e. The molecule has 1 aromatic carbocycles. The summed E-state index contributed by atoms with van der Waals surface area (Å²) in [6.45, 7) is 4.15. The third-order valence-corrected chi connectivity index (χ3v) is 9.47. The first-order valence-electron chi connectivity index (χ1n) is 11.6. The van der Waals surface area contributed by atoms with Gasteiger partial charge in [0.05, 0.1) is 16.3 Å². The van der Waals surface area contributed by atoms with Gasteiger partial charge in [-0.2, -0.15) is 17.5 Å². The highest BCUT2D eigenvalue weighted by molar-refractivity contribution is 7.89. The molecule has 0 N–H and O–H groups in total. The predicted molar refractivity (Wildman–Crippen MR) is 124 cm³/mol. The first-order chi connectivity index (χ1) is 16.1. The zero-order valence-electron chi connectivity index (χ0n) is 19.7. The number of carbonyl (C=O) groups excluding carboxylic acids is 1. The van der Waals surface area contributed by atoms with Crippen LogP contribution in [0.15, 0.2) is 12.1 Å². The number of alkyl halides is 5. The number of halogens is 6. The van der Waals surface area contributed by atoms with Gasteiger partial charge in [-0.1, -0.05) is 11.6 Å². The summed E-state index contributed by atoms with van der Waals surface area (Å²) in [5, 5.41) is -0.287. The van der Waals surface area contributed by atoms with E-state index in [1.54, 1.807) is 6.92 Å². The number of hydrogen-bond acceptors (Lipinski definition) is 4. The molecule has 5 nitrogen and oxygen atoms in total. The fourth-order valence-electron chi connectivity index (χ4n) is 5.16. The standard InChI is InChI=1S/C23H30ClF5N2O3S/c1-3-35(33,34)31-12-10-30(11-13-31)21(6-8-22(25,26)9-7-21)5-4-19(32)20-16(2)14-17(15-18(20)24)23(27,28)29/h14-15H,3-13H2,1-2H3. The summed E-state index contributed by atoms with van der Waals surface area (Å²) in [5.74, 6) is -3.26. The van der Waals surface area contributed by atoms with Crippen LogP contribution in [0, 0.1) is 6.92 Å². The Morgan fingerprint density at radius 1 is 1.06 bits per heavy atom. The van der Waals surface area contributed by atoms with Crippen molar-refractivity contribution in [3.8, 4) is 0 Å². The van der Waals surface area contributed by atoms with Gasteiger partial charge in [0.25, 0.3) is 0 Å². The molecule has 1 saturated heterocycles. The molecule has 1 aliphatic carbocycles.